The minimum absolute atomic E-state index is 0.0731. The molecule has 11 heteroatoms. The van der Waals surface area contributed by atoms with E-state index in [0.717, 1.165) is 0 Å². The lowest BCUT2D eigenvalue weighted by Crippen LogP contribution is -2.35. The number of fused-ring (bicyclic) bond motifs is 1. The van der Waals surface area contributed by atoms with Crippen LogP contribution in [0.15, 0.2) is 74.8 Å². The van der Waals surface area contributed by atoms with Crippen LogP contribution in [0.4, 0.5) is 5.69 Å². The fraction of sp³-hybridized carbons (Fsp3) is 0.0476. The molecule has 2 aromatic heterocycles. The van der Waals surface area contributed by atoms with E-state index in [9.17, 15) is 24.5 Å². The van der Waals surface area contributed by atoms with Gasteiger partial charge in [-0.1, -0.05) is 18.2 Å². The molecule has 0 unspecified atom stereocenters. The van der Waals surface area contributed by atoms with Crippen LogP contribution in [0, 0.1) is 10.1 Å². The van der Waals surface area contributed by atoms with Crippen molar-refractivity contribution in [2.24, 2.45) is 0 Å². The van der Waals surface area contributed by atoms with Crippen LogP contribution in [0.2, 0.25) is 0 Å². The van der Waals surface area contributed by atoms with E-state index in [0.29, 0.717) is 27.2 Å². The van der Waals surface area contributed by atoms with E-state index in [4.69, 9.17) is 14.3 Å². The number of carbonyl (C=O) groups is 1. The number of pyridine rings is 1. The molecule has 4 aromatic rings. The van der Waals surface area contributed by atoms with E-state index in [1.165, 1.54) is 30.5 Å². The molecule has 2 heterocycles. The summed E-state index contributed by atoms with van der Waals surface area (Å²) in [6.07, 6.45) is 1.39. The van der Waals surface area contributed by atoms with Crippen LogP contribution in [0.3, 0.4) is 0 Å². The maximum absolute atomic E-state index is 12.3. The molecule has 0 radical (unpaired) electrons. The number of non-ortho nitro benzene ring substituents is 1. The topological polar surface area (TPSA) is 155 Å². The fourth-order valence-corrected chi connectivity index (χ4v) is 2.98. The minimum atomic E-state index is -1.36. The molecule has 1 N–H and O–H groups in total. The lowest BCUT2D eigenvalue weighted by Gasteiger charge is -2.08. The summed E-state index contributed by atoms with van der Waals surface area (Å²) >= 11 is 0. The number of aromatic nitrogens is 2. The molecular weight excluding hydrogens is 422 g/mol. The summed E-state index contributed by atoms with van der Waals surface area (Å²) in [6.45, 7) is -0.827. The molecule has 0 aliphatic carbocycles. The van der Waals surface area contributed by atoms with Crippen molar-refractivity contribution in [1.82, 2.24) is 9.55 Å². The average molecular weight is 435 g/mol. The van der Waals surface area contributed by atoms with Crippen LogP contribution in [0.25, 0.3) is 22.2 Å². The zero-order valence-electron chi connectivity index (χ0n) is 16.1. The molecule has 0 atom stereocenters. The first-order valence-electron chi connectivity index (χ1n) is 9.10. The van der Waals surface area contributed by atoms with Crippen molar-refractivity contribution >= 4 is 22.8 Å². The van der Waals surface area contributed by atoms with Gasteiger partial charge in [0.25, 0.3) is 11.2 Å². The molecule has 0 bridgehead atoms. The molecule has 160 valence electrons. The third-order valence-corrected chi connectivity index (χ3v) is 4.46. The quantitative estimate of drug-likeness (QED) is 0.355. The number of aliphatic carboxylic acids is 1. The monoisotopic (exact) mass is 435 g/mol. The highest BCUT2D eigenvalue weighted by Crippen LogP contribution is 2.28. The molecule has 0 aliphatic heterocycles. The van der Waals surface area contributed by atoms with Gasteiger partial charge in [-0.2, -0.15) is 0 Å². The van der Waals surface area contributed by atoms with Gasteiger partial charge >= 0.3 is 11.7 Å². The van der Waals surface area contributed by atoms with E-state index < -0.39 is 28.8 Å². The number of benzene rings is 2. The molecule has 0 spiro atoms. The van der Waals surface area contributed by atoms with Crippen molar-refractivity contribution in [3.8, 4) is 22.6 Å². The van der Waals surface area contributed by atoms with Crippen molar-refractivity contribution in [1.29, 1.82) is 0 Å². The maximum Gasteiger partial charge on any atom is 0.422 e. The van der Waals surface area contributed by atoms with Crippen LogP contribution in [0.1, 0.15) is 0 Å². The van der Waals surface area contributed by atoms with Crippen LogP contribution < -0.4 is 16.1 Å². The molecule has 0 aliphatic rings. The predicted molar refractivity (Wildman–Crippen MR) is 111 cm³/mol. The van der Waals surface area contributed by atoms with Crippen LogP contribution in [0.5, 0.6) is 11.5 Å². The number of ether oxygens (including phenoxy) is 1. The number of nitro benzene ring substituents is 1. The third kappa shape index (κ3) is 4.07. The fourth-order valence-electron chi connectivity index (χ4n) is 2.98. The SMILES string of the molecule is O=C(O)Cn1c(=O)oc2cc(-c3ccc(Oc4cccc([N+](=O)[O-])c4)cc3)cnc2c1=O. The maximum atomic E-state index is 12.3. The van der Waals surface area contributed by atoms with Crippen LogP contribution in [-0.4, -0.2) is 25.6 Å². The Balaban J connectivity index is 1.62. The van der Waals surface area contributed by atoms with Gasteiger partial charge in [0.1, 0.15) is 18.0 Å². The van der Waals surface area contributed by atoms with Gasteiger partial charge in [0.15, 0.2) is 11.1 Å². The summed E-state index contributed by atoms with van der Waals surface area (Å²) < 4.78 is 11.2. The Labute approximate surface area is 177 Å². The van der Waals surface area contributed by atoms with Crippen molar-refractivity contribution in [3.63, 3.8) is 0 Å². The Morgan fingerprint density at radius 1 is 1.09 bits per heavy atom. The minimum Gasteiger partial charge on any atom is -0.480 e. The summed E-state index contributed by atoms with van der Waals surface area (Å²) in [7, 11) is 0. The van der Waals surface area contributed by atoms with E-state index in [1.54, 1.807) is 30.3 Å². The number of nitrogens with zero attached hydrogens (tertiary/aromatic N) is 3. The zero-order chi connectivity index (χ0) is 22.8. The smallest absolute Gasteiger partial charge is 0.422 e. The molecule has 0 fully saturated rings. The van der Waals surface area contributed by atoms with E-state index in [-0.39, 0.29) is 16.8 Å². The average Bonchev–Trinajstić information content (AvgIpc) is 2.77. The van der Waals surface area contributed by atoms with Crippen molar-refractivity contribution in [2.75, 3.05) is 0 Å². The summed E-state index contributed by atoms with van der Waals surface area (Å²) in [5.74, 6) is -1.71. The van der Waals surface area contributed by atoms with Crippen LogP contribution >= 0.6 is 0 Å². The Morgan fingerprint density at radius 3 is 2.53 bits per heavy atom. The van der Waals surface area contributed by atoms with Gasteiger partial charge < -0.3 is 14.3 Å². The second-order valence-electron chi connectivity index (χ2n) is 6.60. The zero-order valence-corrected chi connectivity index (χ0v) is 16.1. The molecule has 0 amide bonds. The Hall–Kier alpha value is -4.80. The highest BCUT2D eigenvalue weighted by Gasteiger charge is 2.14. The Morgan fingerprint density at radius 2 is 1.84 bits per heavy atom. The van der Waals surface area contributed by atoms with E-state index in [1.807, 2.05) is 0 Å². The highest BCUT2D eigenvalue weighted by molar-refractivity contribution is 5.78. The molecule has 2 aromatic carbocycles. The van der Waals surface area contributed by atoms with Gasteiger partial charge in [0.05, 0.1) is 11.0 Å². The molecule has 0 saturated heterocycles. The highest BCUT2D eigenvalue weighted by atomic mass is 16.6. The second kappa shape index (κ2) is 8.14. The Bertz CT molecular complexity index is 1470. The molecule has 32 heavy (non-hydrogen) atoms. The molecular formula is C21H13N3O8. The van der Waals surface area contributed by atoms with Gasteiger partial charge in [-0.15, -0.1) is 0 Å². The first-order valence-corrected chi connectivity index (χ1v) is 9.10. The second-order valence-corrected chi connectivity index (χ2v) is 6.60. The summed E-state index contributed by atoms with van der Waals surface area (Å²) in [5, 5.41) is 19.7. The van der Waals surface area contributed by atoms with Gasteiger partial charge in [0, 0.05) is 17.8 Å². The van der Waals surface area contributed by atoms with Gasteiger partial charge in [-0.05, 0) is 29.8 Å². The summed E-state index contributed by atoms with van der Waals surface area (Å²) in [5.41, 5.74) is 0.0218. The molecule has 11 nitrogen and oxygen atoms in total. The van der Waals surface area contributed by atoms with E-state index >= 15 is 0 Å². The normalized spacial score (nSPS) is 10.8. The number of carboxylic acid groups (broad SMARTS) is 1. The summed E-state index contributed by atoms with van der Waals surface area (Å²) in [4.78, 5) is 49.5. The van der Waals surface area contributed by atoms with Crippen LogP contribution in [-0.2, 0) is 11.3 Å². The lowest BCUT2D eigenvalue weighted by molar-refractivity contribution is -0.384. The molecule has 0 saturated carbocycles. The number of hydrogen-bond donors (Lipinski definition) is 1. The first-order chi connectivity index (χ1) is 15.3. The van der Waals surface area contributed by atoms with E-state index in [2.05, 4.69) is 4.98 Å². The number of hydrogen-bond acceptors (Lipinski definition) is 8. The van der Waals surface area contributed by atoms with Gasteiger partial charge in [-0.3, -0.25) is 19.7 Å². The standard InChI is InChI=1S/C21H13N3O8/c25-18(26)11-23-20(27)19-17(32-21(23)28)8-13(10-22-19)12-4-6-15(7-5-12)31-16-3-1-2-14(9-16)24(29)30/h1-10H,11H2,(H,25,26). The lowest BCUT2D eigenvalue weighted by atomic mass is 10.1. The molecule has 4 rings (SSSR count). The number of rotatable bonds is 6. The largest absolute Gasteiger partial charge is 0.480 e. The van der Waals surface area contributed by atoms with Gasteiger partial charge in [-0.25, -0.2) is 14.3 Å². The number of carboxylic acids is 1. The van der Waals surface area contributed by atoms with Crippen molar-refractivity contribution in [3.05, 3.63) is 91.8 Å². The Kier molecular flexibility index (Phi) is 5.21. The predicted octanol–water partition coefficient (Wildman–Crippen LogP) is 2.80. The number of nitro groups is 1. The van der Waals surface area contributed by atoms with Crippen molar-refractivity contribution in [2.45, 2.75) is 6.54 Å². The van der Waals surface area contributed by atoms with Crippen molar-refractivity contribution < 1.29 is 24.0 Å². The first kappa shape index (κ1) is 20.5. The third-order valence-electron chi connectivity index (χ3n) is 4.46. The summed E-state index contributed by atoms with van der Waals surface area (Å²) in [6, 6.07) is 13.9. The van der Waals surface area contributed by atoms with Gasteiger partial charge in [0.2, 0.25) is 0 Å².